The minimum Gasteiger partial charge on any atom is -0.465 e. The molecule has 3 aliphatic rings. The van der Waals surface area contributed by atoms with Crippen molar-refractivity contribution >= 4 is 41.9 Å². The molecule has 1 N–H and O–H groups in total. The second-order valence-corrected chi connectivity index (χ2v) is 21.9. The molecule has 3 atom stereocenters. The SMILES string of the molecule is CCCCC/C=C\CCOC(=O)CCCCC(=O)OCC(COC(=O)CCCCC(=O)OCC/C=C\CCCCC)(COC(=O)CCC(CCCCCC)OC(=O)NCCN1CCCC1)COC(=O)CC1CC2CCC(C1)O2. The monoisotopic (exact) mass is 1100 g/mol. The van der Waals surface area contributed by atoms with Gasteiger partial charge in [0.15, 0.2) is 0 Å². The van der Waals surface area contributed by atoms with E-state index in [0.29, 0.717) is 64.7 Å². The predicted molar refractivity (Wildman–Crippen MR) is 298 cm³/mol. The molecular weight excluding hydrogens is 1000 g/mol. The first-order valence-electron chi connectivity index (χ1n) is 30.5. The zero-order valence-electron chi connectivity index (χ0n) is 48.4. The van der Waals surface area contributed by atoms with E-state index >= 15 is 0 Å². The van der Waals surface area contributed by atoms with Gasteiger partial charge in [0.25, 0.3) is 0 Å². The summed E-state index contributed by atoms with van der Waals surface area (Å²) >= 11 is 0. The third kappa shape index (κ3) is 33.8. The molecule has 2 bridgehead atoms. The topological polar surface area (TPSA) is 209 Å². The van der Waals surface area contributed by atoms with Crippen LogP contribution in [0.3, 0.4) is 0 Å². The molecule has 17 nitrogen and oxygen atoms in total. The fraction of sp³-hybridized carbons (Fsp3) is 0.820. The van der Waals surface area contributed by atoms with Crippen molar-refractivity contribution in [3.8, 4) is 0 Å². The number of nitrogens with one attached hydrogen (secondary N) is 1. The molecule has 0 saturated carbocycles. The Morgan fingerprint density at radius 1 is 0.526 bits per heavy atom. The van der Waals surface area contributed by atoms with Gasteiger partial charge in [0.2, 0.25) is 0 Å². The molecule has 3 aliphatic heterocycles. The Balaban J connectivity index is 1.66. The number of amides is 1. The largest absolute Gasteiger partial charge is 0.465 e. The van der Waals surface area contributed by atoms with Crippen LogP contribution in [0.25, 0.3) is 0 Å². The van der Waals surface area contributed by atoms with Crippen molar-refractivity contribution in [3.63, 3.8) is 0 Å². The Morgan fingerprint density at radius 2 is 0.974 bits per heavy atom. The van der Waals surface area contributed by atoms with Crippen molar-refractivity contribution in [2.45, 2.75) is 245 Å². The van der Waals surface area contributed by atoms with Crippen LogP contribution >= 0.6 is 0 Å². The van der Waals surface area contributed by atoms with Crippen molar-refractivity contribution in [1.29, 1.82) is 0 Å². The lowest BCUT2D eigenvalue weighted by Crippen LogP contribution is -2.44. The molecule has 3 unspecified atom stereocenters. The number of esters is 6. The van der Waals surface area contributed by atoms with E-state index in [-0.39, 0.29) is 75.0 Å². The van der Waals surface area contributed by atoms with Crippen molar-refractivity contribution in [1.82, 2.24) is 10.2 Å². The van der Waals surface area contributed by atoms with E-state index in [1.165, 1.54) is 12.8 Å². The molecule has 0 aromatic heterocycles. The molecule has 3 fully saturated rings. The summed E-state index contributed by atoms with van der Waals surface area (Å²) in [5, 5.41) is 2.86. The molecule has 0 spiro atoms. The average Bonchev–Trinajstić information content (AvgIpc) is 4.08. The number of carbonyl (C=O) groups excluding carboxylic acids is 7. The van der Waals surface area contributed by atoms with Crippen molar-refractivity contribution in [2.24, 2.45) is 11.3 Å². The highest BCUT2D eigenvalue weighted by Gasteiger charge is 2.40. The normalized spacial score (nSPS) is 17.7. The molecule has 0 aromatic rings. The third-order valence-corrected chi connectivity index (χ3v) is 14.6. The molecule has 3 saturated heterocycles. The highest BCUT2D eigenvalue weighted by Crippen LogP contribution is 2.37. The molecule has 446 valence electrons. The molecule has 0 aromatic carbocycles. The highest BCUT2D eigenvalue weighted by molar-refractivity contribution is 5.72. The number of nitrogens with zero attached hydrogens (tertiary/aromatic N) is 1. The summed E-state index contributed by atoms with van der Waals surface area (Å²) in [4.78, 5) is 94.0. The first-order chi connectivity index (χ1) is 37.9. The van der Waals surface area contributed by atoms with E-state index < -0.39 is 67.9 Å². The van der Waals surface area contributed by atoms with Gasteiger partial charge in [-0.25, -0.2) is 4.79 Å². The minimum atomic E-state index is -1.50. The van der Waals surface area contributed by atoms with Crippen LogP contribution in [0.1, 0.15) is 226 Å². The maximum atomic E-state index is 13.7. The van der Waals surface area contributed by atoms with Crippen molar-refractivity contribution in [2.75, 3.05) is 65.8 Å². The lowest BCUT2D eigenvalue weighted by atomic mass is 9.91. The van der Waals surface area contributed by atoms with Gasteiger partial charge in [0, 0.05) is 51.6 Å². The van der Waals surface area contributed by atoms with E-state index in [0.717, 1.165) is 122 Å². The Bertz CT molecular complexity index is 1670. The van der Waals surface area contributed by atoms with Crippen LogP contribution in [0.5, 0.6) is 0 Å². The van der Waals surface area contributed by atoms with Gasteiger partial charge in [0.05, 0.1) is 25.4 Å². The van der Waals surface area contributed by atoms with Gasteiger partial charge in [-0.1, -0.05) is 90.0 Å². The fourth-order valence-electron chi connectivity index (χ4n) is 9.88. The van der Waals surface area contributed by atoms with Gasteiger partial charge in [-0.2, -0.15) is 0 Å². The first kappa shape index (κ1) is 67.8. The molecular formula is C61H102N2O15. The van der Waals surface area contributed by atoms with E-state index in [1.54, 1.807) is 0 Å². The molecule has 1 amide bonds. The Kier molecular flexibility index (Phi) is 37.6. The van der Waals surface area contributed by atoms with E-state index in [2.05, 4.69) is 43.1 Å². The number of carbonyl (C=O) groups is 7. The standard InChI is InChI=1S/C61H102N2O15/c1-4-7-10-13-15-17-26-41-71-54(64)29-20-22-31-56(66)73-46-61(49-76-59(69)45-50-43-52-33-34-53(44-50)77-52,47-74-57(67)32-23-21-30-55(65)72-42-27-18-16-14-11-8-5-2)48-75-58(68)36-35-51(28-19-12-9-6-3)78-60(70)62-37-40-63-38-24-25-39-63/h15-18,50-53H,4-14,19-49H2,1-3H3,(H,62,70)/b17-15-,18-16-. The van der Waals surface area contributed by atoms with Crippen LogP contribution in [-0.2, 0) is 66.7 Å². The number of rotatable bonds is 46. The van der Waals surface area contributed by atoms with Gasteiger partial charge in [0.1, 0.15) is 37.9 Å². The number of alkyl carbamates (subject to hydrolysis) is 1. The Hall–Kier alpha value is -4.51. The number of fused-ring (bicyclic) bond motifs is 2. The lowest BCUT2D eigenvalue weighted by Gasteiger charge is -2.32. The Labute approximate surface area is 468 Å². The van der Waals surface area contributed by atoms with Crippen LogP contribution < -0.4 is 5.32 Å². The van der Waals surface area contributed by atoms with Gasteiger partial charge >= 0.3 is 41.9 Å². The number of ether oxygens (including phenoxy) is 8. The molecule has 3 heterocycles. The number of unbranched alkanes of at least 4 members (excludes halogenated alkanes) is 11. The van der Waals surface area contributed by atoms with Crippen molar-refractivity contribution in [3.05, 3.63) is 24.3 Å². The van der Waals surface area contributed by atoms with Crippen LogP contribution in [0.15, 0.2) is 24.3 Å². The average molecular weight is 1100 g/mol. The van der Waals surface area contributed by atoms with E-state index in [4.69, 9.17) is 37.9 Å². The zero-order valence-corrected chi connectivity index (χ0v) is 48.4. The molecule has 0 aliphatic carbocycles. The zero-order chi connectivity index (χ0) is 56.3. The van der Waals surface area contributed by atoms with Crippen LogP contribution in [0, 0.1) is 11.3 Å². The predicted octanol–water partition coefficient (Wildman–Crippen LogP) is 11.7. The summed E-state index contributed by atoms with van der Waals surface area (Å²) < 4.78 is 46.0. The number of hydrogen-bond donors (Lipinski definition) is 1. The highest BCUT2D eigenvalue weighted by atomic mass is 16.6. The molecule has 17 heteroatoms. The minimum absolute atomic E-state index is 0.0288. The summed E-state index contributed by atoms with van der Waals surface area (Å²) in [6.45, 7) is 8.58. The summed E-state index contributed by atoms with van der Waals surface area (Å²) in [5.41, 5.74) is -1.50. The van der Waals surface area contributed by atoms with Gasteiger partial charge in [-0.3, -0.25) is 28.8 Å². The maximum Gasteiger partial charge on any atom is 0.407 e. The quantitative estimate of drug-likeness (QED) is 0.0260. The third-order valence-electron chi connectivity index (χ3n) is 14.6. The van der Waals surface area contributed by atoms with Crippen LogP contribution in [-0.4, -0.2) is 131 Å². The van der Waals surface area contributed by atoms with Gasteiger partial charge in [-0.15, -0.1) is 0 Å². The van der Waals surface area contributed by atoms with Gasteiger partial charge in [-0.05, 0) is 141 Å². The number of likely N-dealkylation sites (tertiary alicyclic amines) is 1. The lowest BCUT2D eigenvalue weighted by molar-refractivity contribution is -0.171. The van der Waals surface area contributed by atoms with Crippen LogP contribution in [0.4, 0.5) is 4.79 Å². The molecule has 78 heavy (non-hydrogen) atoms. The first-order valence-corrected chi connectivity index (χ1v) is 30.5. The summed E-state index contributed by atoms with van der Waals surface area (Å²) in [6, 6.07) is 0. The van der Waals surface area contributed by atoms with Crippen LogP contribution in [0.2, 0.25) is 0 Å². The van der Waals surface area contributed by atoms with Crippen molar-refractivity contribution < 1.29 is 71.5 Å². The molecule has 0 radical (unpaired) electrons. The fourth-order valence-corrected chi connectivity index (χ4v) is 9.88. The van der Waals surface area contributed by atoms with Gasteiger partial charge < -0.3 is 48.1 Å². The summed E-state index contributed by atoms with van der Waals surface area (Å²) in [6.07, 6.45) is 29.8. The summed E-state index contributed by atoms with van der Waals surface area (Å²) in [7, 11) is 0. The summed E-state index contributed by atoms with van der Waals surface area (Å²) in [5.74, 6) is -2.92. The Morgan fingerprint density at radius 3 is 1.47 bits per heavy atom. The number of allylic oxidation sites excluding steroid dienone is 2. The van der Waals surface area contributed by atoms with E-state index in [9.17, 15) is 33.6 Å². The molecule has 3 rings (SSSR count). The smallest absolute Gasteiger partial charge is 0.407 e. The number of hydrogen-bond acceptors (Lipinski definition) is 16. The second kappa shape index (κ2) is 43.3. The second-order valence-electron chi connectivity index (χ2n) is 21.9. The van der Waals surface area contributed by atoms with E-state index in [1.807, 2.05) is 12.2 Å². The maximum absolute atomic E-state index is 13.7.